The number of ketones is 1. The molecule has 0 radical (unpaired) electrons. The molecule has 1 aliphatic rings. The van der Waals surface area contributed by atoms with Crippen molar-refractivity contribution in [3.8, 4) is 5.75 Å². The van der Waals surface area contributed by atoms with Crippen molar-refractivity contribution in [1.82, 2.24) is 4.57 Å². The highest BCUT2D eigenvalue weighted by molar-refractivity contribution is 6.10. The molecule has 0 aliphatic carbocycles. The number of carbonyl (C=O) groups is 1. The van der Waals surface area contributed by atoms with Crippen molar-refractivity contribution in [1.29, 1.82) is 0 Å². The summed E-state index contributed by atoms with van der Waals surface area (Å²) in [6.07, 6.45) is 4.47. The molecule has 2 heterocycles. The zero-order chi connectivity index (χ0) is 21.8. The van der Waals surface area contributed by atoms with E-state index in [9.17, 15) is 4.79 Å². The van der Waals surface area contributed by atoms with Gasteiger partial charge in [0, 0.05) is 23.6 Å². The molecule has 2 aromatic carbocycles. The Balaban J connectivity index is 1.36. The fourth-order valence-corrected chi connectivity index (χ4v) is 4.61. The predicted molar refractivity (Wildman–Crippen MR) is 125 cm³/mol. The van der Waals surface area contributed by atoms with Gasteiger partial charge in [-0.05, 0) is 36.8 Å². The zero-order valence-corrected chi connectivity index (χ0v) is 18.8. The second kappa shape index (κ2) is 9.50. The molecule has 1 aliphatic heterocycles. The van der Waals surface area contributed by atoms with Crippen molar-refractivity contribution in [2.24, 2.45) is 7.05 Å². The van der Waals surface area contributed by atoms with Crippen LogP contribution in [0.1, 0.15) is 21.6 Å². The van der Waals surface area contributed by atoms with E-state index < -0.39 is 0 Å². The van der Waals surface area contributed by atoms with Gasteiger partial charge in [-0.15, -0.1) is 0 Å². The fraction of sp³-hybridized carbons (Fsp3) is 0.346. The first-order chi connectivity index (χ1) is 15.1. The van der Waals surface area contributed by atoms with Crippen molar-refractivity contribution in [3.63, 3.8) is 0 Å². The van der Waals surface area contributed by atoms with Crippen molar-refractivity contribution in [2.75, 3.05) is 46.4 Å². The van der Waals surface area contributed by atoms with E-state index in [1.807, 2.05) is 38.2 Å². The Bertz CT molecular complexity index is 1080. The number of piperazine rings is 1. The van der Waals surface area contributed by atoms with Gasteiger partial charge in [0.1, 0.15) is 38.5 Å². The van der Waals surface area contributed by atoms with Gasteiger partial charge in [0.25, 0.3) is 0 Å². The quantitative estimate of drug-likeness (QED) is 0.565. The Labute approximate surface area is 184 Å². The molecule has 2 N–H and O–H groups in total. The van der Waals surface area contributed by atoms with E-state index in [0.717, 1.165) is 60.6 Å². The van der Waals surface area contributed by atoms with E-state index in [2.05, 4.69) is 41.0 Å². The summed E-state index contributed by atoms with van der Waals surface area (Å²) < 4.78 is 7.50. The standard InChI is InChI=1S/C26H31N3O2/c1-20-26(23-18-22(31-3)11-12-24(23)27(20)2)25(30)19-29-16-14-28(15-17-29)13-7-10-21-8-5-4-6-9-21/h4-12,18H,13-17,19H2,1-3H3/p+2/b10-7+. The summed E-state index contributed by atoms with van der Waals surface area (Å²) in [5.41, 5.74) is 4.21. The number of ether oxygens (including phenoxy) is 1. The molecule has 1 fully saturated rings. The van der Waals surface area contributed by atoms with Crippen molar-refractivity contribution in [3.05, 3.63) is 71.4 Å². The van der Waals surface area contributed by atoms with Gasteiger partial charge in [-0.3, -0.25) is 4.79 Å². The van der Waals surface area contributed by atoms with Gasteiger partial charge in [0.2, 0.25) is 5.78 Å². The maximum absolute atomic E-state index is 13.3. The molecule has 0 bridgehead atoms. The Hall–Kier alpha value is -2.89. The zero-order valence-electron chi connectivity index (χ0n) is 18.8. The Morgan fingerprint density at radius 3 is 2.48 bits per heavy atom. The number of methoxy groups -OCH3 is 1. The normalized spacial score (nSPS) is 19.2. The Kier molecular flexibility index (Phi) is 6.54. The van der Waals surface area contributed by atoms with Gasteiger partial charge in [0.15, 0.2) is 0 Å². The number of rotatable bonds is 7. The molecule has 5 heteroatoms. The summed E-state index contributed by atoms with van der Waals surface area (Å²) in [5, 5.41) is 0.999. The summed E-state index contributed by atoms with van der Waals surface area (Å²) in [4.78, 5) is 16.3. The van der Waals surface area contributed by atoms with Crippen LogP contribution in [0.4, 0.5) is 0 Å². The minimum atomic E-state index is 0.235. The van der Waals surface area contributed by atoms with Crippen LogP contribution < -0.4 is 14.5 Å². The lowest BCUT2D eigenvalue weighted by molar-refractivity contribution is -1.01. The van der Waals surface area contributed by atoms with Crippen LogP contribution in [0.25, 0.3) is 17.0 Å². The number of benzene rings is 2. The monoisotopic (exact) mass is 419 g/mol. The van der Waals surface area contributed by atoms with E-state index in [1.54, 1.807) is 12.0 Å². The lowest BCUT2D eigenvalue weighted by atomic mass is 10.1. The van der Waals surface area contributed by atoms with Gasteiger partial charge >= 0.3 is 0 Å². The number of nitrogens with zero attached hydrogens (tertiary/aromatic N) is 1. The summed E-state index contributed by atoms with van der Waals surface area (Å²) in [5.74, 6) is 1.03. The van der Waals surface area contributed by atoms with Crippen LogP contribution in [0, 0.1) is 6.92 Å². The number of aromatic nitrogens is 1. The van der Waals surface area contributed by atoms with Gasteiger partial charge in [-0.25, -0.2) is 0 Å². The Morgan fingerprint density at radius 2 is 1.77 bits per heavy atom. The maximum atomic E-state index is 13.3. The van der Waals surface area contributed by atoms with Crippen LogP contribution >= 0.6 is 0 Å². The number of quaternary nitrogens is 2. The van der Waals surface area contributed by atoms with Crippen LogP contribution in [0.3, 0.4) is 0 Å². The molecule has 1 saturated heterocycles. The molecule has 0 spiro atoms. The number of hydrogen-bond donors (Lipinski definition) is 2. The molecule has 5 nitrogen and oxygen atoms in total. The third-order valence-electron chi connectivity index (χ3n) is 6.57. The van der Waals surface area contributed by atoms with Crippen LogP contribution in [0.2, 0.25) is 0 Å². The van der Waals surface area contributed by atoms with Gasteiger partial charge < -0.3 is 19.1 Å². The third kappa shape index (κ3) is 4.73. The topological polar surface area (TPSA) is 40.1 Å². The van der Waals surface area contributed by atoms with Crippen molar-refractivity contribution < 1.29 is 19.3 Å². The highest BCUT2D eigenvalue weighted by atomic mass is 16.5. The summed E-state index contributed by atoms with van der Waals surface area (Å²) >= 11 is 0. The molecule has 31 heavy (non-hydrogen) atoms. The SMILES string of the molecule is COc1ccc2c(c1)c(C(=O)C[NH+]1CC[NH+](C/C=C/c3ccccc3)CC1)c(C)n2C. The number of nitrogens with one attached hydrogen (secondary N) is 2. The summed E-state index contributed by atoms with van der Waals surface area (Å²) in [7, 11) is 3.69. The first kappa shape index (κ1) is 21.3. The smallest absolute Gasteiger partial charge is 0.219 e. The van der Waals surface area contributed by atoms with Crippen LogP contribution in [-0.4, -0.2) is 56.7 Å². The summed E-state index contributed by atoms with van der Waals surface area (Å²) in [6.45, 7) is 7.91. The van der Waals surface area contributed by atoms with E-state index in [-0.39, 0.29) is 5.78 Å². The maximum Gasteiger partial charge on any atom is 0.219 e. The number of aryl methyl sites for hydroxylation is 1. The third-order valence-corrected chi connectivity index (χ3v) is 6.57. The molecule has 0 amide bonds. The minimum Gasteiger partial charge on any atom is -0.497 e. The molecule has 0 saturated carbocycles. The average molecular weight is 420 g/mol. The van der Waals surface area contributed by atoms with Gasteiger partial charge in [-0.1, -0.05) is 36.4 Å². The van der Waals surface area contributed by atoms with Crippen LogP contribution in [-0.2, 0) is 7.05 Å². The Morgan fingerprint density at radius 1 is 1.06 bits per heavy atom. The second-order valence-corrected chi connectivity index (χ2v) is 8.52. The van der Waals surface area contributed by atoms with Crippen molar-refractivity contribution in [2.45, 2.75) is 6.92 Å². The van der Waals surface area contributed by atoms with E-state index >= 15 is 0 Å². The van der Waals surface area contributed by atoms with Gasteiger partial charge in [-0.2, -0.15) is 0 Å². The molecular formula is C26H33N3O2+2. The first-order valence-electron chi connectivity index (χ1n) is 11.1. The van der Waals surface area contributed by atoms with Crippen molar-refractivity contribution >= 4 is 22.8 Å². The average Bonchev–Trinajstić information content (AvgIpc) is 3.05. The number of Topliss-reactive ketones (excluding diaryl/α,β-unsaturated/α-hetero) is 1. The molecule has 0 atom stereocenters. The van der Waals surface area contributed by atoms with Crippen LogP contribution in [0.5, 0.6) is 5.75 Å². The number of carbonyl (C=O) groups excluding carboxylic acids is 1. The number of hydrogen-bond acceptors (Lipinski definition) is 2. The molecule has 3 aromatic rings. The molecule has 1 aromatic heterocycles. The van der Waals surface area contributed by atoms with Crippen LogP contribution in [0.15, 0.2) is 54.6 Å². The summed E-state index contributed by atoms with van der Waals surface area (Å²) in [6, 6.07) is 16.4. The largest absolute Gasteiger partial charge is 0.497 e. The fourth-order valence-electron chi connectivity index (χ4n) is 4.61. The lowest BCUT2D eigenvalue weighted by Gasteiger charge is -2.28. The molecule has 162 valence electrons. The van der Waals surface area contributed by atoms with Gasteiger partial charge in [0.05, 0.1) is 19.2 Å². The second-order valence-electron chi connectivity index (χ2n) is 8.52. The van der Waals surface area contributed by atoms with E-state index in [0.29, 0.717) is 6.54 Å². The minimum absolute atomic E-state index is 0.235. The highest BCUT2D eigenvalue weighted by Gasteiger charge is 2.27. The molecule has 4 rings (SSSR count). The molecule has 0 unspecified atom stereocenters. The predicted octanol–water partition coefficient (Wildman–Crippen LogP) is 1.17. The molecular weight excluding hydrogens is 386 g/mol. The lowest BCUT2D eigenvalue weighted by Crippen LogP contribution is -3.28. The van der Waals surface area contributed by atoms with E-state index in [4.69, 9.17) is 4.74 Å². The number of fused-ring (bicyclic) bond motifs is 1. The first-order valence-corrected chi connectivity index (χ1v) is 11.1. The highest BCUT2D eigenvalue weighted by Crippen LogP contribution is 2.28. The van der Waals surface area contributed by atoms with E-state index in [1.165, 1.54) is 10.5 Å².